The molecule has 21 atom stereocenters. The summed E-state index contributed by atoms with van der Waals surface area (Å²) in [4.78, 5) is 26.4. The van der Waals surface area contributed by atoms with E-state index in [0.29, 0.717) is 43.9 Å². The fourth-order valence-corrected chi connectivity index (χ4v) is 14.3. The van der Waals surface area contributed by atoms with Gasteiger partial charge in [-0.1, -0.05) is 71.8 Å². The number of allylic oxidation sites excluding steroid dienone is 2. The molecule has 0 aromatic carbocycles. The Bertz CT molecular complexity index is 1860. The summed E-state index contributed by atoms with van der Waals surface area (Å²) in [5.74, 6) is -0.318. The quantitative estimate of drug-likeness (QED) is 0.105. The average Bonchev–Trinajstić information content (AvgIpc) is 3.61. The van der Waals surface area contributed by atoms with Crippen LogP contribution in [-0.4, -0.2) is 170 Å². The molecule has 0 aromatic rings. The van der Waals surface area contributed by atoms with E-state index in [1.165, 1.54) is 18.1 Å². The fourth-order valence-electron chi connectivity index (χ4n) is 14.3. The SMILES string of the molecule is C=C(CC[C@@H](C)[C@H]1CC[C@@]2(C(=O)O)C3=C(CC[C@]12C)[C@@]1(C)CC[C@H](O[C@@H]2O[C@H](CO)[C@H](O)[C@H](O[C@@H]4OC[C@H](O)[C@H](O)[C@H]4O)[C@H]2O[C@@H]2O[C@H](CO)[C@@H](O)[C@@H](O)[C@H]2NC(C)=O)C(C)(C)[C@@H]1CC3)C(C)C. The monoisotopic (exact) mass is 968 g/mol. The molecule has 0 radical (unpaired) electrons. The van der Waals surface area contributed by atoms with Gasteiger partial charge in [-0.15, -0.1) is 0 Å². The van der Waals surface area contributed by atoms with Crippen molar-refractivity contribution in [1.29, 1.82) is 0 Å². The van der Waals surface area contributed by atoms with Crippen LogP contribution in [0.25, 0.3) is 0 Å². The number of amides is 1. The first-order valence-corrected chi connectivity index (χ1v) is 25.0. The largest absolute Gasteiger partial charge is 0.481 e. The summed E-state index contributed by atoms with van der Waals surface area (Å²) in [5, 5.41) is 100. The van der Waals surface area contributed by atoms with Crippen LogP contribution in [0.3, 0.4) is 0 Å². The number of hydrogen-bond donors (Lipinski definition) is 10. The van der Waals surface area contributed by atoms with E-state index in [4.69, 9.17) is 28.4 Å². The highest BCUT2D eigenvalue weighted by molar-refractivity contribution is 5.82. The van der Waals surface area contributed by atoms with Crippen LogP contribution >= 0.6 is 0 Å². The Morgan fingerprint density at radius 2 is 1.41 bits per heavy atom. The molecule has 0 bridgehead atoms. The summed E-state index contributed by atoms with van der Waals surface area (Å²) >= 11 is 0. The molecule has 5 fully saturated rings. The Kier molecular flexibility index (Phi) is 16.1. The van der Waals surface area contributed by atoms with E-state index in [9.17, 15) is 55.5 Å². The van der Waals surface area contributed by atoms with Gasteiger partial charge < -0.3 is 79.7 Å². The highest BCUT2D eigenvalue weighted by Gasteiger charge is 2.69. The molecule has 3 aliphatic heterocycles. The third kappa shape index (κ3) is 9.17. The highest BCUT2D eigenvalue weighted by atomic mass is 16.8. The normalized spacial score (nSPS) is 46.3. The van der Waals surface area contributed by atoms with Crippen molar-refractivity contribution in [3.63, 3.8) is 0 Å². The lowest BCUT2D eigenvalue weighted by Gasteiger charge is -2.62. The number of ether oxygens (including phenoxy) is 6. The number of carbonyl (C=O) groups excluding carboxylic acids is 1. The van der Waals surface area contributed by atoms with Crippen LogP contribution in [-0.2, 0) is 38.0 Å². The predicted octanol–water partition coefficient (Wildman–Crippen LogP) is 2.05. The minimum atomic E-state index is -1.80. The van der Waals surface area contributed by atoms with Gasteiger partial charge in [0.1, 0.15) is 67.1 Å². The van der Waals surface area contributed by atoms with E-state index in [-0.39, 0.29) is 17.3 Å². The number of nitrogens with one attached hydrogen (secondary N) is 1. The zero-order valence-electron chi connectivity index (χ0n) is 41.2. The van der Waals surface area contributed by atoms with Gasteiger partial charge in [-0.05, 0) is 104 Å². The molecule has 0 aromatic heterocycles. The smallest absolute Gasteiger partial charge is 0.314 e. The Labute approximate surface area is 400 Å². The van der Waals surface area contributed by atoms with Crippen LogP contribution in [0.4, 0.5) is 0 Å². The van der Waals surface area contributed by atoms with Crippen LogP contribution in [0.5, 0.6) is 0 Å². The maximum Gasteiger partial charge on any atom is 0.314 e. The van der Waals surface area contributed by atoms with Crippen LogP contribution in [0, 0.1) is 45.3 Å². The van der Waals surface area contributed by atoms with E-state index in [0.717, 1.165) is 37.7 Å². The van der Waals surface area contributed by atoms with Crippen molar-refractivity contribution in [2.24, 2.45) is 45.3 Å². The topological polar surface area (TPSA) is 284 Å². The molecule has 0 spiro atoms. The van der Waals surface area contributed by atoms with Crippen LogP contribution in [0.1, 0.15) is 120 Å². The Morgan fingerprint density at radius 3 is 2.04 bits per heavy atom. The first-order chi connectivity index (χ1) is 31.9. The molecule has 4 aliphatic carbocycles. The van der Waals surface area contributed by atoms with Crippen LogP contribution < -0.4 is 5.32 Å². The molecule has 0 unspecified atom stereocenters. The van der Waals surface area contributed by atoms with E-state index >= 15 is 0 Å². The second kappa shape index (κ2) is 20.4. The highest BCUT2D eigenvalue weighted by Crippen LogP contribution is 2.73. The average molecular weight is 968 g/mol. The van der Waals surface area contributed by atoms with Crippen molar-refractivity contribution >= 4 is 11.9 Å². The number of hydrogen-bond acceptors (Lipinski definition) is 16. The standard InChI is InChI=1S/C50H81NO17/c1-23(2)24(3)10-11-25(4)27-15-19-50(46(61)62)29-12-13-33-47(6,7)34(16-17-48(33,8)28(29)14-18-49(27,50)9)66-45-42(68-43-35(51-26(5)54)39(59)37(57)31(20-52)64-43)41(38(58)32(21-53)65-45)67-44-40(60)36(56)30(55)22-63-44/h23,25,27,30-45,52-53,55-60H,3,10-22H2,1-2,4-9H3,(H,51,54)(H,61,62)/t25-,27-,30+,31-,32-,33+,34+,35-,36+,37-,38+,39+,40-,41+,42-,43+,44+,45+,48-,49-,50+/m1/s1. The van der Waals surface area contributed by atoms with Gasteiger partial charge in [0, 0.05) is 6.92 Å². The van der Waals surface area contributed by atoms with Crippen LogP contribution in [0.15, 0.2) is 23.3 Å². The molecule has 1 amide bonds. The minimum Gasteiger partial charge on any atom is -0.481 e. The zero-order valence-corrected chi connectivity index (χ0v) is 41.2. The summed E-state index contributed by atoms with van der Waals surface area (Å²) < 4.78 is 37.5. The molecule has 18 heteroatoms. The molecular formula is C50H81NO17. The molecular weight excluding hydrogens is 887 g/mol. The van der Waals surface area contributed by atoms with E-state index < -0.39 is 140 Å². The molecule has 7 aliphatic rings. The second-order valence-corrected chi connectivity index (χ2v) is 22.7. The van der Waals surface area contributed by atoms with E-state index in [1.54, 1.807) is 0 Å². The Morgan fingerprint density at radius 1 is 0.765 bits per heavy atom. The maximum atomic E-state index is 13.9. The van der Waals surface area contributed by atoms with Crippen molar-refractivity contribution in [2.45, 2.75) is 212 Å². The third-order valence-electron chi connectivity index (χ3n) is 18.4. The number of carboxylic acid groups (broad SMARTS) is 1. The number of fused-ring (bicyclic) bond motifs is 4. The van der Waals surface area contributed by atoms with Gasteiger partial charge in [0.05, 0.1) is 31.3 Å². The van der Waals surface area contributed by atoms with Gasteiger partial charge in [-0.25, -0.2) is 0 Å². The summed E-state index contributed by atoms with van der Waals surface area (Å²) in [6.07, 6.45) is -13.8. The zero-order chi connectivity index (χ0) is 50.0. The first-order valence-electron chi connectivity index (χ1n) is 25.0. The molecule has 7 rings (SSSR count). The molecule has 388 valence electrons. The number of aliphatic hydroxyl groups excluding tert-OH is 8. The molecule has 68 heavy (non-hydrogen) atoms. The summed E-state index contributed by atoms with van der Waals surface area (Å²) in [5.41, 5.74) is 1.25. The summed E-state index contributed by atoms with van der Waals surface area (Å²) in [6.45, 7) is 19.0. The van der Waals surface area contributed by atoms with Gasteiger partial charge in [0.25, 0.3) is 0 Å². The number of rotatable bonds is 15. The first kappa shape index (κ1) is 53.7. The number of aliphatic carboxylic acids is 1. The van der Waals surface area contributed by atoms with Crippen LogP contribution in [0.2, 0.25) is 0 Å². The predicted molar refractivity (Wildman–Crippen MR) is 243 cm³/mol. The van der Waals surface area contributed by atoms with Crippen molar-refractivity contribution in [3.05, 3.63) is 23.3 Å². The summed E-state index contributed by atoms with van der Waals surface area (Å²) in [7, 11) is 0. The van der Waals surface area contributed by atoms with Gasteiger partial charge in [0.2, 0.25) is 5.91 Å². The summed E-state index contributed by atoms with van der Waals surface area (Å²) in [6, 6.07) is -1.43. The second-order valence-electron chi connectivity index (χ2n) is 22.7. The fraction of sp³-hybridized carbons (Fsp3) is 0.880. The van der Waals surface area contributed by atoms with Crippen molar-refractivity contribution in [3.8, 4) is 0 Å². The third-order valence-corrected chi connectivity index (χ3v) is 18.4. The molecule has 2 saturated carbocycles. The van der Waals surface area contributed by atoms with Gasteiger partial charge in [0.15, 0.2) is 18.9 Å². The number of aliphatic hydroxyl groups is 8. The minimum absolute atomic E-state index is 0.0154. The Hall–Kier alpha value is -2.14. The lowest BCUT2D eigenvalue weighted by atomic mass is 9.43. The molecule has 3 heterocycles. The van der Waals surface area contributed by atoms with Crippen molar-refractivity contribution < 1.29 is 84.0 Å². The van der Waals surface area contributed by atoms with Gasteiger partial charge >= 0.3 is 5.97 Å². The van der Waals surface area contributed by atoms with Crippen molar-refractivity contribution in [2.75, 3.05) is 19.8 Å². The lowest BCUT2D eigenvalue weighted by Crippen LogP contribution is -2.69. The molecule has 3 saturated heterocycles. The maximum absolute atomic E-state index is 13.9. The number of carbonyl (C=O) groups is 2. The number of carboxylic acids is 1. The van der Waals surface area contributed by atoms with Gasteiger partial charge in [-0.2, -0.15) is 0 Å². The van der Waals surface area contributed by atoms with Gasteiger partial charge in [-0.3, -0.25) is 9.59 Å². The lowest BCUT2D eigenvalue weighted by molar-refractivity contribution is -0.389. The molecule has 18 nitrogen and oxygen atoms in total. The van der Waals surface area contributed by atoms with Crippen molar-refractivity contribution in [1.82, 2.24) is 5.32 Å². The van der Waals surface area contributed by atoms with E-state index in [2.05, 4.69) is 60.4 Å². The van der Waals surface area contributed by atoms with E-state index in [1.807, 2.05) is 0 Å². The molecule has 10 N–H and O–H groups in total. The Balaban J connectivity index is 1.20.